The molecule has 1 aliphatic heterocycles. The van der Waals surface area contributed by atoms with Crippen LogP contribution in [0, 0.1) is 0 Å². The van der Waals surface area contributed by atoms with Gasteiger partial charge in [0.05, 0.1) is 12.6 Å². The van der Waals surface area contributed by atoms with Crippen molar-refractivity contribution in [3.8, 4) is 11.5 Å². The maximum Gasteiger partial charge on any atom is 0.231 e. The monoisotopic (exact) mass is 289 g/mol. The van der Waals surface area contributed by atoms with E-state index in [1.807, 2.05) is 32.0 Å². The molecule has 0 radical (unpaired) electrons. The second-order valence-electron chi connectivity index (χ2n) is 4.96. The van der Waals surface area contributed by atoms with Crippen LogP contribution in [0.1, 0.15) is 37.2 Å². The van der Waals surface area contributed by atoms with Crippen molar-refractivity contribution in [1.82, 2.24) is 14.8 Å². The molecule has 1 atom stereocenters. The van der Waals surface area contributed by atoms with Gasteiger partial charge in [-0.1, -0.05) is 19.9 Å². The molecule has 0 amide bonds. The number of fused-ring (bicyclic) bond motifs is 1. The molecule has 2 aromatic rings. The van der Waals surface area contributed by atoms with E-state index in [1.54, 1.807) is 4.68 Å². The van der Waals surface area contributed by atoms with E-state index in [0.717, 1.165) is 30.1 Å². The van der Waals surface area contributed by atoms with E-state index >= 15 is 0 Å². The first kappa shape index (κ1) is 13.9. The third-order valence-corrected chi connectivity index (χ3v) is 3.55. The topological polar surface area (TPSA) is 69.4 Å². The minimum Gasteiger partial charge on any atom is -0.454 e. The summed E-state index contributed by atoms with van der Waals surface area (Å²) in [5.74, 6) is 3.10. The molecule has 21 heavy (non-hydrogen) atoms. The van der Waals surface area contributed by atoms with E-state index in [2.05, 4.69) is 10.1 Å². The van der Waals surface area contributed by atoms with Gasteiger partial charge in [0.1, 0.15) is 5.82 Å². The Morgan fingerprint density at radius 3 is 2.81 bits per heavy atom. The standard InChI is InChI=1S/C15H19N3O3/c1-3-14-16-15(4-2)18(17-14)8-11(19)10-5-6-12-13(7-10)21-9-20-12/h5-7,11,19H,3-4,8-9H2,1-2H3. The predicted molar refractivity (Wildman–Crippen MR) is 76.3 cm³/mol. The van der Waals surface area contributed by atoms with Crippen LogP contribution < -0.4 is 9.47 Å². The Hall–Kier alpha value is -2.08. The van der Waals surface area contributed by atoms with E-state index in [0.29, 0.717) is 18.0 Å². The zero-order chi connectivity index (χ0) is 14.8. The third-order valence-electron chi connectivity index (χ3n) is 3.55. The number of hydrogen-bond donors (Lipinski definition) is 1. The van der Waals surface area contributed by atoms with E-state index < -0.39 is 6.10 Å². The largest absolute Gasteiger partial charge is 0.454 e. The van der Waals surface area contributed by atoms with Crippen LogP contribution in [0.5, 0.6) is 11.5 Å². The Balaban J connectivity index is 1.79. The van der Waals surface area contributed by atoms with Crippen molar-refractivity contribution in [2.75, 3.05) is 6.79 Å². The molecule has 0 saturated heterocycles. The fourth-order valence-electron chi connectivity index (χ4n) is 2.37. The molecular weight excluding hydrogens is 270 g/mol. The number of rotatable bonds is 5. The van der Waals surface area contributed by atoms with Crippen molar-refractivity contribution in [2.45, 2.75) is 39.3 Å². The van der Waals surface area contributed by atoms with Gasteiger partial charge in [0.2, 0.25) is 6.79 Å². The lowest BCUT2D eigenvalue weighted by atomic mass is 10.1. The molecular formula is C15H19N3O3. The summed E-state index contributed by atoms with van der Waals surface area (Å²) in [7, 11) is 0. The van der Waals surface area contributed by atoms with Crippen LogP contribution in [0.25, 0.3) is 0 Å². The summed E-state index contributed by atoms with van der Waals surface area (Å²) < 4.78 is 12.4. The van der Waals surface area contributed by atoms with Crippen LogP contribution in [0.4, 0.5) is 0 Å². The van der Waals surface area contributed by atoms with Gasteiger partial charge < -0.3 is 14.6 Å². The van der Waals surface area contributed by atoms with Gasteiger partial charge in [-0.15, -0.1) is 0 Å². The zero-order valence-electron chi connectivity index (χ0n) is 12.2. The van der Waals surface area contributed by atoms with Crippen LogP contribution in [-0.4, -0.2) is 26.7 Å². The van der Waals surface area contributed by atoms with Crippen molar-refractivity contribution >= 4 is 0 Å². The Morgan fingerprint density at radius 1 is 1.24 bits per heavy atom. The summed E-state index contributed by atoms with van der Waals surface area (Å²) in [4.78, 5) is 4.45. The fourth-order valence-corrected chi connectivity index (χ4v) is 2.37. The molecule has 1 aromatic carbocycles. The van der Waals surface area contributed by atoms with Crippen molar-refractivity contribution in [3.63, 3.8) is 0 Å². The number of ether oxygens (including phenoxy) is 2. The summed E-state index contributed by atoms with van der Waals surface area (Å²) in [6, 6.07) is 5.48. The third kappa shape index (κ3) is 2.71. The Kier molecular flexibility index (Phi) is 3.79. The average Bonchev–Trinajstić information content (AvgIpc) is 3.12. The normalized spacial score (nSPS) is 14.4. The van der Waals surface area contributed by atoms with Gasteiger partial charge in [-0.25, -0.2) is 9.67 Å². The first-order valence-electron chi connectivity index (χ1n) is 7.21. The van der Waals surface area contributed by atoms with E-state index in [1.165, 1.54) is 0 Å². The molecule has 0 fully saturated rings. The molecule has 2 heterocycles. The highest BCUT2D eigenvalue weighted by Crippen LogP contribution is 2.34. The summed E-state index contributed by atoms with van der Waals surface area (Å²) in [5.41, 5.74) is 0.787. The minimum absolute atomic E-state index is 0.234. The van der Waals surface area contributed by atoms with Gasteiger partial charge >= 0.3 is 0 Å². The van der Waals surface area contributed by atoms with Crippen molar-refractivity contribution in [2.24, 2.45) is 0 Å². The van der Waals surface area contributed by atoms with Crippen LogP contribution in [-0.2, 0) is 19.4 Å². The maximum absolute atomic E-state index is 10.4. The molecule has 1 unspecified atom stereocenters. The summed E-state index contributed by atoms with van der Waals surface area (Å²) >= 11 is 0. The van der Waals surface area contributed by atoms with Gasteiger partial charge in [0.15, 0.2) is 17.3 Å². The average molecular weight is 289 g/mol. The van der Waals surface area contributed by atoms with Gasteiger partial charge in [-0.05, 0) is 17.7 Å². The smallest absolute Gasteiger partial charge is 0.231 e. The van der Waals surface area contributed by atoms with Crippen molar-refractivity contribution in [1.29, 1.82) is 0 Å². The highest BCUT2D eigenvalue weighted by atomic mass is 16.7. The molecule has 112 valence electrons. The van der Waals surface area contributed by atoms with Gasteiger partial charge in [-0.2, -0.15) is 5.10 Å². The van der Waals surface area contributed by atoms with Crippen molar-refractivity contribution in [3.05, 3.63) is 35.4 Å². The van der Waals surface area contributed by atoms with Crippen LogP contribution in [0.3, 0.4) is 0 Å². The second-order valence-corrected chi connectivity index (χ2v) is 4.96. The minimum atomic E-state index is -0.656. The zero-order valence-corrected chi connectivity index (χ0v) is 12.2. The number of hydrogen-bond acceptors (Lipinski definition) is 5. The predicted octanol–water partition coefficient (Wildman–Crippen LogP) is 1.87. The van der Waals surface area contributed by atoms with Gasteiger partial charge in [0, 0.05) is 12.8 Å². The lowest BCUT2D eigenvalue weighted by Gasteiger charge is -2.13. The first-order chi connectivity index (χ1) is 10.2. The van der Waals surface area contributed by atoms with E-state index in [9.17, 15) is 5.11 Å². The number of aryl methyl sites for hydroxylation is 2. The molecule has 0 spiro atoms. The molecule has 1 aromatic heterocycles. The maximum atomic E-state index is 10.4. The Labute approximate surface area is 123 Å². The Bertz CT molecular complexity index is 639. The lowest BCUT2D eigenvalue weighted by Crippen LogP contribution is -2.13. The fraction of sp³-hybridized carbons (Fsp3) is 0.467. The number of benzene rings is 1. The molecule has 1 aliphatic rings. The number of nitrogens with zero attached hydrogens (tertiary/aromatic N) is 3. The molecule has 6 nitrogen and oxygen atoms in total. The molecule has 0 bridgehead atoms. The quantitative estimate of drug-likeness (QED) is 0.910. The molecule has 1 N–H and O–H groups in total. The Morgan fingerprint density at radius 2 is 2.05 bits per heavy atom. The van der Waals surface area contributed by atoms with Crippen LogP contribution in [0.15, 0.2) is 18.2 Å². The number of aliphatic hydroxyl groups excluding tert-OH is 1. The summed E-state index contributed by atoms with van der Waals surface area (Å²) in [6.45, 7) is 4.67. The van der Waals surface area contributed by atoms with Gasteiger partial charge in [0.25, 0.3) is 0 Å². The van der Waals surface area contributed by atoms with Gasteiger partial charge in [-0.3, -0.25) is 0 Å². The van der Waals surface area contributed by atoms with Crippen LogP contribution >= 0.6 is 0 Å². The first-order valence-corrected chi connectivity index (χ1v) is 7.21. The highest BCUT2D eigenvalue weighted by molar-refractivity contribution is 5.45. The van der Waals surface area contributed by atoms with E-state index in [4.69, 9.17) is 9.47 Å². The van der Waals surface area contributed by atoms with Crippen molar-refractivity contribution < 1.29 is 14.6 Å². The summed E-state index contributed by atoms with van der Waals surface area (Å²) in [6.07, 6.45) is 0.928. The van der Waals surface area contributed by atoms with Crippen LogP contribution in [0.2, 0.25) is 0 Å². The molecule has 0 aliphatic carbocycles. The summed E-state index contributed by atoms with van der Waals surface area (Å²) in [5, 5.41) is 14.8. The highest BCUT2D eigenvalue weighted by Gasteiger charge is 2.18. The number of aliphatic hydroxyl groups is 1. The lowest BCUT2D eigenvalue weighted by molar-refractivity contribution is 0.149. The number of aromatic nitrogens is 3. The SMILES string of the molecule is CCc1nc(CC)n(CC(O)c2ccc3c(c2)OCO3)n1. The second kappa shape index (κ2) is 5.73. The molecule has 0 saturated carbocycles. The van der Waals surface area contributed by atoms with E-state index in [-0.39, 0.29) is 6.79 Å². The molecule has 3 rings (SSSR count). The molecule has 6 heteroatoms.